The number of benzene rings is 1. The molecule has 0 N–H and O–H groups in total. The standard InChI is InChI=1S/C16H15FN2OS/c1-19(10-12-4-2-5-13(17)8-12)11-14-9-15(20-18-14)16-6-3-7-21-16/h2-9H,10-11H2,1H3. The minimum Gasteiger partial charge on any atom is -0.355 e. The first kappa shape index (κ1) is 14.0. The van der Waals surface area contributed by atoms with Gasteiger partial charge in [-0.25, -0.2) is 4.39 Å². The molecule has 0 atom stereocenters. The van der Waals surface area contributed by atoms with E-state index in [-0.39, 0.29) is 5.82 Å². The molecule has 3 aromatic rings. The van der Waals surface area contributed by atoms with Gasteiger partial charge in [0.05, 0.1) is 10.6 Å². The quantitative estimate of drug-likeness (QED) is 0.708. The molecule has 5 heteroatoms. The summed E-state index contributed by atoms with van der Waals surface area (Å²) < 4.78 is 18.5. The molecule has 0 unspecified atom stereocenters. The number of thiophene rings is 1. The van der Waals surface area contributed by atoms with E-state index in [9.17, 15) is 4.39 Å². The SMILES string of the molecule is CN(Cc1cccc(F)c1)Cc1cc(-c2cccs2)on1. The molecule has 3 rings (SSSR count). The molecule has 0 fully saturated rings. The molecule has 108 valence electrons. The summed E-state index contributed by atoms with van der Waals surface area (Å²) in [7, 11) is 1.98. The van der Waals surface area contributed by atoms with Crippen molar-refractivity contribution < 1.29 is 8.91 Å². The van der Waals surface area contributed by atoms with E-state index in [0.717, 1.165) is 21.9 Å². The molecular weight excluding hydrogens is 287 g/mol. The highest BCUT2D eigenvalue weighted by Gasteiger charge is 2.10. The summed E-state index contributed by atoms with van der Waals surface area (Å²) in [5.74, 6) is 0.585. The van der Waals surface area contributed by atoms with Crippen LogP contribution in [-0.4, -0.2) is 17.1 Å². The third kappa shape index (κ3) is 3.56. The Hall–Kier alpha value is -1.98. The van der Waals surface area contributed by atoms with E-state index in [1.165, 1.54) is 6.07 Å². The van der Waals surface area contributed by atoms with Gasteiger partial charge in [-0.3, -0.25) is 4.90 Å². The normalized spacial score (nSPS) is 11.2. The van der Waals surface area contributed by atoms with Gasteiger partial charge in [-0.1, -0.05) is 23.4 Å². The lowest BCUT2D eigenvalue weighted by Gasteiger charge is -2.14. The summed E-state index contributed by atoms with van der Waals surface area (Å²) >= 11 is 1.62. The Labute approximate surface area is 126 Å². The monoisotopic (exact) mass is 302 g/mol. The molecule has 1 aromatic carbocycles. The highest BCUT2D eigenvalue weighted by molar-refractivity contribution is 7.13. The molecule has 0 amide bonds. The van der Waals surface area contributed by atoms with Gasteiger partial charge in [0.25, 0.3) is 0 Å². The highest BCUT2D eigenvalue weighted by atomic mass is 32.1. The van der Waals surface area contributed by atoms with Crippen molar-refractivity contribution in [3.8, 4) is 10.6 Å². The average Bonchev–Trinajstić information content (AvgIpc) is 3.08. The smallest absolute Gasteiger partial charge is 0.177 e. The molecule has 2 heterocycles. The van der Waals surface area contributed by atoms with E-state index >= 15 is 0 Å². The molecule has 0 bridgehead atoms. The van der Waals surface area contributed by atoms with Crippen molar-refractivity contribution in [2.75, 3.05) is 7.05 Å². The zero-order valence-electron chi connectivity index (χ0n) is 11.6. The molecule has 0 aliphatic rings. The fraction of sp³-hybridized carbons (Fsp3) is 0.188. The minimum absolute atomic E-state index is 0.206. The molecular formula is C16H15FN2OS. The van der Waals surface area contributed by atoms with Crippen LogP contribution >= 0.6 is 11.3 Å². The Balaban J connectivity index is 1.64. The van der Waals surface area contributed by atoms with E-state index in [0.29, 0.717) is 13.1 Å². The van der Waals surface area contributed by atoms with Crippen LogP contribution < -0.4 is 0 Å². The lowest BCUT2D eigenvalue weighted by molar-refractivity contribution is 0.304. The fourth-order valence-electron chi connectivity index (χ4n) is 2.20. The first-order chi connectivity index (χ1) is 10.2. The number of nitrogens with zero attached hydrogens (tertiary/aromatic N) is 2. The maximum Gasteiger partial charge on any atom is 0.177 e. The van der Waals surface area contributed by atoms with Crippen LogP contribution in [0, 0.1) is 5.82 Å². The molecule has 3 nitrogen and oxygen atoms in total. The van der Waals surface area contributed by atoms with Gasteiger partial charge in [-0.2, -0.15) is 0 Å². The number of hydrogen-bond donors (Lipinski definition) is 0. The summed E-state index contributed by atoms with van der Waals surface area (Å²) in [6.45, 7) is 1.32. The van der Waals surface area contributed by atoms with Gasteiger partial charge in [0, 0.05) is 19.2 Å². The van der Waals surface area contributed by atoms with Crippen LogP contribution in [0.15, 0.2) is 52.4 Å². The van der Waals surface area contributed by atoms with Gasteiger partial charge in [0.2, 0.25) is 0 Å². The van der Waals surface area contributed by atoms with Crippen molar-refractivity contribution >= 4 is 11.3 Å². The fourth-order valence-corrected chi connectivity index (χ4v) is 2.87. The van der Waals surface area contributed by atoms with Gasteiger partial charge in [-0.05, 0) is 36.2 Å². The Bertz CT molecular complexity index is 709. The Morgan fingerprint density at radius 3 is 2.86 bits per heavy atom. The first-order valence-corrected chi connectivity index (χ1v) is 7.51. The molecule has 0 spiro atoms. The van der Waals surface area contributed by atoms with Crippen LogP contribution in [-0.2, 0) is 13.1 Å². The molecule has 0 aliphatic heterocycles. The second-order valence-corrected chi connectivity index (χ2v) is 5.91. The zero-order valence-corrected chi connectivity index (χ0v) is 12.4. The van der Waals surface area contributed by atoms with Crippen molar-refractivity contribution in [1.82, 2.24) is 10.1 Å². The summed E-state index contributed by atoms with van der Waals surface area (Å²) in [4.78, 5) is 3.15. The molecule has 0 radical (unpaired) electrons. The molecule has 21 heavy (non-hydrogen) atoms. The van der Waals surface area contributed by atoms with Gasteiger partial charge in [-0.15, -0.1) is 11.3 Å². The van der Waals surface area contributed by atoms with Crippen LogP contribution in [0.2, 0.25) is 0 Å². The molecule has 0 saturated heterocycles. The van der Waals surface area contributed by atoms with Crippen LogP contribution in [0.4, 0.5) is 4.39 Å². The summed E-state index contributed by atoms with van der Waals surface area (Å²) in [5, 5.41) is 6.09. The van der Waals surface area contributed by atoms with Crippen LogP contribution in [0.3, 0.4) is 0 Å². The van der Waals surface area contributed by atoms with E-state index in [2.05, 4.69) is 10.1 Å². The lowest BCUT2D eigenvalue weighted by atomic mass is 10.2. The highest BCUT2D eigenvalue weighted by Crippen LogP contribution is 2.25. The summed E-state index contributed by atoms with van der Waals surface area (Å²) in [5.41, 5.74) is 1.82. The predicted molar refractivity (Wildman–Crippen MR) is 81.4 cm³/mol. The second kappa shape index (κ2) is 6.20. The van der Waals surface area contributed by atoms with Crippen molar-refractivity contribution in [3.63, 3.8) is 0 Å². The van der Waals surface area contributed by atoms with Crippen molar-refractivity contribution in [3.05, 3.63) is 64.9 Å². The Morgan fingerprint density at radius 1 is 1.19 bits per heavy atom. The van der Waals surface area contributed by atoms with Gasteiger partial charge in [0.15, 0.2) is 5.76 Å². The number of rotatable bonds is 5. The topological polar surface area (TPSA) is 29.3 Å². The maximum absolute atomic E-state index is 13.2. The van der Waals surface area contributed by atoms with Crippen molar-refractivity contribution in [1.29, 1.82) is 0 Å². The number of aromatic nitrogens is 1. The Kier molecular flexibility index (Phi) is 4.13. The zero-order chi connectivity index (χ0) is 14.7. The molecule has 0 saturated carbocycles. The third-order valence-corrected chi connectivity index (χ3v) is 3.98. The number of halogens is 1. The average molecular weight is 302 g/mol. The van der Waals surface area contributed by atoms with Crippen LogP contribution in [0.25, 0.3) is 10.6 Å². The largest absolute Gasteiger partial charge is 0.355 e. The third-order valence-electron chi connectivity index (χ3n) is 3.10. The summed E-state index contributed by atoms with van der Waals surface area (Å²) in [6.07, 6.45) is 0. The van der Waals surface area contributed by atoms with E-state index in [1.54, 1.807) is 23.5 Å². The first-order valence-electron chi connectivity index (χ1n) is 6.63. The second-order valence-electron chi connectivity index (χ2n) is 4.96. The number of hydrogen-bond acceptors (Lipinski definition) is 4. The van der Waals surface area contributed by atoms with Gasteiger partial charge in [0.1, 0.15) is 5.82 Å². The van der Waals surface area contributed by atoms with Crippen molar-refractivity contribution in [2.24, 2.45) is 0 Å². The molecule has 2 aromatic heterocycles. The van der Waals surface area contributed by atoms with Gasteiger partial charge >= 0.3 is 0 Å². The minimum atomic E-state index is -0.206. The van der Waals surface area contributed by atoms with Gasteiger partial charge < -0.3 is 4.52 Å². The van der Waals surface area contributed by atoms with Crippen LogP contribution in [0.5, 0.6) is 0 Å². The van der Waals surface area contributed by atoms with Crippen LogP contribution in [0.1, 0.15) is 11.3 Å². The maximum atomic E-state index is 13.2. The van der Waals surface area contributed by atoms with E-state index in [1.807, 2.05) is 36.7 Å². The van der Waals surface area contributed by atoms with Crippen molar-refractivity contribution in [2.45, 2.75) is 13.1 Å². The Morgan fingerprint density at radius 2 is 2.10 bits per heavy atom. The van der Waals surface area contributed by atoms with E-state index in [4.69, 9.17) is 4.52 Å². The lowest BCUT2D eigenvalue weighted by Crippen LogP contribution is -2.17. The summed E-state index contributed by atoms with van der Waals surface area (Å²) in [6, 6.07) is 12.6. The predicted octanol–water partition coefficient (Wildman–Crippen LogP) is 4.17. The molecule has 0 aliphatic carbocycles. The van der Waals surface area contributed by atoms with E-state index < -0.39 is 0 Å².